The summed E-state index contributed by atoms with van der Waals surface area (Å²) in [6.07, 6.45) is 2.04. The van der Waals surface area contributed by atoms with E-state index in [-0.39, 0.29) is 11.8 Å². The number of carbonyl (C=O) groups excluding carboxylic acids is 1. The molecule has 1 atom stereocenters. The number of hydrogen-bond acceptors (Lipinski definition) is 3. The summed E-state index contributed by atoms with van der Waals surface area (Å²) in [6.45, 7) is 6.14. The van der Waals surface area contributed by atoms with Crippen molar-refractivity contribution in [2.75, 3.05) is 13.1 Å². The minimum absolute atomic E-state index is 0.0725. The van der Waals surface area contributed by atoms with E-state index >= 15 is 0 Å². The number of nitrogens with zero attached hydrogens (tertiary/aromatic N) is 4. The van der Waals surface area contributed by atoms with Crippen molar-refractivity contribution in [1.82, 2.24) is 24.6 Å². The number of piperidine rings is 1. The van der Waals surface area contributed by atoms with Crippen LogP contribution in [0.5, 0.6) is 0 Å². The van der Waals surface area contributed by atoms with Crippen LogP contribution in [-0.4, -0.2) is 43.6 Å². The first-order valence-corrected chi connectivity index (χ1v) is 8.94. The Kier molecular flexibility index (Phi) is 4.03. The van der Waals surface area contributed by atoms with Crippen LogP contribution in [0.15, 0.2) is 30.3 Å². The van der Waals surface area contributed by atoms with Gasteiger partial charge in [0, 0.05) is 25.6 Å². The summed E-state index contributed by atoms with van der Waals surface area (Å²) < 4.78 is 1.79. The van der Waals surface area contributed by atoms with Crippen molar-refractivity contribution in [3.63, 3.8) is 0 Å². The van der Waals surface area contributed by atoms with Gasteiger partial charge in [0.05, 0.1) is 16.7 Å². The Morgan fingerprint density at radius 1 is 1.36 bits per heavy atom. The summed E-state index contributed by atoms with van der Waals surface area (Å²) in [5.74, 6) is 1.31. The fourth-order valence-electron chi connectivity index (χ4n) is 3.67. The first-order chi connectivity index (χ1) is 12.2. The number of likely N-dealkylation sites (tertiary alicyclic amines) is 1. The van der Waals surface area contributed by atoms with Gasteiger partial charge in [-0.2, -0.15) is 5.10 Å². The van der Waals surface area contributed by atoms with E-state index in [1.807, 2.05) is 49.1 Å². The molecule has 1 N–H and O–H groups in total. The van der Waals surface area contributed by atoms with Crippen LogP contribution < -0.4 is 0 Å². The summed E-state index contributed by atoms with van der Waals surface area (Å²) in [7, 11) is 0. The molecular weight excluding hydrogens is 314 g/mol. The lowest BCUT2D eigenvalue weighted by Crippen LogP contribution is -2.40. The van der Waals surface area contributed by atoms with Crippen molar-refractivity contribution < 1.29 is 4.79 Å². The van der Waals surface area contributed by atoms with E-state index < -0.39 is 0 Å². The number of nitrogens with one attached hydrogen (secondary N) is 1. The smallest absolute Gasteiger partial charge is 0.272 e. The van der Waals surface area contributed by atoms with E-state index in [2.05, 4.69) is 10.1 Å². The number of para-hydroxylation sites is 2. The molecule has 1 unspecified atom stereocenters. The van der Waals surface area contributed by atoms with Gasteiger partial charge < -0.3 is 9.88 Å². The first-order valence-electron chi connectivity index (χ1n) is 8.94. The van der Waals surface area contributed by atoms with Gasteiger partial charge in [-0.25, -0.2) is 4.98 Å². The van der Waals surface area contributed by atoms with Gasteiger partial charge in [0.1, 0.15) is 11.5 Å². The SMILES string of the molecule is CCn1nc(C)cc1C(=O)N1CCCC(c2nc3ccccc3[nH]2)C1. The highest BCUT2D eigenvalue weighted by atomic mass is 16.2. The number of benzene rings is 1. The third-order valence-corrected chi connectivity index (χ3v) is 4.92. The number of carbonyl (C=O) groups is 1. The molecule has 1 fully saturated rings. The second-order valence-corrected chi connectivity index (χ2v) is 6.72. The van der Waals surface area contributed by atoms with Crippen molar-refractivity contribution in [1.29, 1.82) is 0 Å². The molecule has 6 heteroatoms. The zero-order chi connectivity index (χ0) is 17.4. The standard InChI is InChI=1S/C19H23N5O/c1-3-24-17(11-13(2)22-24)19(25)23-10-6-7-14(12-23)18-20-15-8-4-5-9-16(15)21-18/h4-5,8-9,11,14H,3,6-7,10,12H2,1-2H3,(H,20,21). The molecule has 0 spiro atoms. The van der Waals surface area contributed by atoms with Crippen molar-refractivity contribution in [2.45, 2.75) is 39.2 Å². The van der Waals surface area contributed by atoms with Gasteiger partial charge in [-0.05, 0) is 44.9 Å². The Labute approximate surface area is 146 Å². The van der Waals surface area contributed by atoms with Crippen LogP contribution in [0.2, 0.25) is 0 Å². The number of rotatable bonds is 3. The van der Waals surface area contributed by atoms with Crippen LogP contribution in [0.25, 0.3) is 11.0 Å². The second-order valence-electron chi connectivity index (χ2n) is 6.72. The van der Waals surface area contributed by atoms with E-state index in [0.717, 1.165) is 41.9 Å². The molecule has 3 aromatic rings. The molecule has 0 aliphatic carbocycles. The summed E-state index contributed by atoms with van der Waals surface area (Å²) in [5, 5.41) is 4.40. The van der Waals surface area contributed by atoms with E-state index in [1.54, 1.807) is 4.68 Å². The molecule has 1 aromatic carbocycles. The maximum atomic E-state index is 13.0. The maximum Gasteiger partial charge on any atom is 0.272 e. The maximum absolute atomic E-state index is 13.0. The van der Waals surface area contributed by atoms with Crippen molar-refractivity contribution in [3.8, 4) is 0 Å². The lowest BCUT2D eigenvalue weighted by atomic mass is 9.97. The Bertz CT molecular complexity index is 877. The highest BCUT2D eigenvalue weighted by molar-refractivity contribution is 5.92. The van der Waals surface area contributed by atoms with Gasteiger partial charge in [-0.15, -0.1) is 0 Å². The number of amides is 1. The number of H-pyrrole nitrogens is 1. The first kappa shape index (κ1) is 15.9. The van der Waals surface area contributed by atoms with Crippen molar-refractivity contribution in [3.05, 3.63) is 47.5 Å². The average molecular weight is 337 g/mol. The number of fused-ring (bicyclic) bond motifs is 1. The molecule has 0 radical (unpaired) electrons. The fraction of sp³-hybridized carbons (Fsp3) is 0.421. The van der Waals surface area contributed by atoms with E-state index in [1.165, 1.54) is 0 Å². The predicted octanol–water partition coefficient (Wildman–Crippen LogP) is 3.11. The zero-order valence-electron chi connectivity index (χ0n) is 14.7. The monoisotopic (exact) mass is 337 g/mol. The topological polar surface area (TPSA) is 66.8 Å². The summed E-state index contributed by atoms with van der Waals surface area (Å²) in [5.41, 5.74) is 3.61. The molecule has 1 saturated heterocycles. The molecule has 0 saturated carbocycles. The summed E-state index contributed by atoms with van der Waals surface area (Å²) in [4.78, 5) is 23.1. The second kappa shape index (κ2) is 6.35. The van der Waals surface area contributed by atoms with Crippen LogP contribution in [-0.2, 0) is 6.54 Å². The molecule has 4 rings (SSSR count). The van der Waals surface area contributed by atoms with Crippen LogP contribution >= 0.6 is 0 Å². The van der Waals surface area contributed by atoms with Gasteiger partial charge in [0.25, 0.3) is 5.91 Å². The molecule has 130 valence electrons. The zero-order valence-corrected chi connectivity index (χ0v) is 14.7. The average Bonchev–Trinajstić information content (AvgIpc) is 3.24. The Morgan fingerprint density at radius 3 is 3.00 bits per heavy atom. The van der Waals surface area contributed by atoms with Crippen molar-refractivity contribution in [2.24, 2.45) is 0 Å². The predicted molar refractivity (Wildman–Crippen MR) is 96.6 cm³/mol. The number of aromatic amines is 1. The number of aromatic nitrogens is 4. The van der Waals surface area contributed by atoms with Crippen LogP contribution in [0.1, 0.15) is 47.7 Å². The quantitative estimate of drug-likeness (QED) is 0.798. The van der Waals surface area contributed by atoms with Crippen molar-refractivity contribution >= 4 is 16.9 Å². The molecule has 1 aliphatic rings. The van der Waals surface area contributed by atoms with Gasteiger partial charge >= 0.3 is 0 Å². The third-order valence-electron chi connectivity index (χ3n) is 4.92. The summed E-state index contributed by atoms with van der Waals surface area (Å²) in [6, 6.07) is 9.95. The van der Waals surface area contributed by atoms with Crippen LogP contribution in [0.4, 0.5) is 0 Å². The lowest BCUT2D eigenvalue weighted by Gasteiger charge is -2.31. The van der Waals surface area contributed by atoms with E-state index in [0.29, 0.717) is 18.8 Å². The highest BCUT2D eigenvalue weighted by Gasteiger charge is 2.29. The van der Waals surface area contributed by atoms with E-state index in [9.17, 15) is 4.79 Å². The molecular formula is C19H23N5O. The van der Waals surface area contributed by atoms with E-state index in [4.69, 9.17) is 4.98 Å². The van der Waals surface area contributed by atoms with Gasteiger partial charge in [0.2, 0.25) is 0 Å². The molecule has 25 heavy (non-hydrogen) atoms. The third kappa shape index (κ3) is 2.92. The van der Waals surface area contributed by atoms with Gasteiger partial charge in [-0.1, -0.05) is 12.1 Å². The molecule has 0 bridgehead atoms. The molecule has 1 amide bonds. The van der Waals surface area contributed by atoms with Gasteiger partial charge in [0.15, 0.2) is 0 Å². The molecule has 6 nitrogen and oxygen atoms in total. The lowest BCUT2D eigenvalue weighted by molar-refractivity contribution is 0.0692. The molecule has 3 heterocycles. The highest BCUT2D eigenvalue weighted by Crippen LogP contribution is 2.27. The number of hydrogen-bond donors (Lipinski definition) is 1. The number of aryl methyl sites for hydroxylation is 2. The Balaban J connectivity index is 1.57. The normalized spacial score (nSPS) is 18.0. The molecule has 1 aliphatic heterocycles. The summed E-state index contributed by atoms with van der Waals surface area (Å²) >= 11 is 0. The minimum Gasteiger partial charge on any atom is -0.342 e. The van der Waals surface area contributed by atoms with Crippen LogP contribution in [0.3, 0.4) is 0 Å². The Morgan fingerprint density at radius 2 is 2.20 bits per heavy atom. The van der Waals surface area contributed by atoms with Crippen LogP contribution in [0, 0.1) is 6.92 Å². The Hall–Kier alpha value is -2.63. The largest absolute Gasteiger partial charge is 0.342 e. The van der Waals surface area contributed by atoms with Gasteiger partial charge in [-0.3, -0.25) is 9.48 Å². The number of imidazole rings is 1. The molecule has 2 aromatic heterocycles. The minimum atomic E-state index is 0.0725. The fourth-order valence-corrected chi connectivity index (χ4v) is 3.67.